The van der Waals surface area contributed by atoms with Crippen molar-refractivity contribution >= 4 is 11.9 Å². The first kappa shape index (κ1) is 15.7. The van der Waals surface area contributed by atoms with Gasteiger partial charge in [-0.1, -0.05) is 30.3 Å². The highest BCUT2D eigenvalue weighted by atomic mass is 16.4. The zero-order valence-corrected chi connectivity index (χ0v) is 11.6. The molecular formula is C16H18O4. The highest BCUT2D eigenvalue weighted by Crippen LogP contribution is 2.17. The van der Waals surface area contributed by atoms with Crippen molar-refractivity contribution in [2.75, 3.05) is 0 Å². The number of hydrogen-bond acceptors (Lipinski definition) is 2. The predicted octanol–water partition coefficient (Wildman–Crippen LogP) is 3.05. The Bertz CT molecular complexity index is 553. The smallest absolute Gasteiger partial charge is 0.331 e. The Labute approximate surface area is 118 Å². The molecule has 0 radical (unpaired) electrons. The normalized spacial score (nSPS) is 12.8. The van der Waals surface area contributed by atoms with E-state index >= 15 is 0 Å². The average Bonchev–Trinajstić information content (AvgIpc) is 2.43. The fraction of sp³-hybridized carbons (Fsp3) is 0.250. The van der Waals surface area contributed by atoms with Crippen LogP contribution in [0, 0.1) is 0 Å². The standard InChI is InChI=1S/C16H18O4/c1-11(15(17)18)10-14(12(2)16(19)20)9-8-13-6-4-3-5-7-13/h3-7,10H,8-9H2,1-2H3,(H,17,18)(H,19,20). The fourth-order valence-corrected chi connectivity index (χ4v) is 1.75. The molecular weight excluding hydrogens is 256 g/mol. The van der Waals surface area contributed by atoms with Crippen LogP contribution in [-0.2, 0) is 16.0 Å². The van der Waals surface area contributed by atoms with Crippen molar-refractivity contribution in [1.82, 2.24) is 0 Å². The molecule has 106 valence electrons. The van der Waals surface area contributed by atoms with Gasteiger partial charge in [-0.2, -0.15) is 0 Å². The maximum atomic E-state index is 11.1. The first-order valence-electron chi connectivity index (χ1n) is 6.30. The molecule has 1 rings (SSSR count). The summed E-state index contributed by atoms with van der Waals surface area (Å²) in [5.41, 5.74) is 1.95. The molecule has 0 aliphatic rings. The van der Waals surface area contributed by atoms with Crippen molar-refractivity contribution < 1.29 is 19.8 Å². The van der Waals surface area contributed by atoms with Gasteiger partial charge in [0, 0.05) is 11.1 Å². The minimum atomic E-state index is -1.04. The summed E-state index contributed by atoms with van der Waals surface area (Å²) in [6.07, 6.45) is 2.60. The highest BCUT2D eigenvalue weighted by molar-refractivity contribution is 5.90. The van der Waals surface area contributed by atoms with Crippen molar-refractivity contribution in [3.05, 3.63) is 58.7 Å². The lowest BCUT2D eigenvalue weighted by Gasteiger charge is -2.07. The van der Waals surface area contributed by atoms with Crippen molar-refractivity contribution in [3.63, 3.8) is 0 Å². The molecule has 0 fully saturated rings. The Balaban J connectivity index is 2.96. The van der Waals surface area contributed by atoms with Crippen molar-refractivity contribution in [3.8, 4) is 0 Å². The molecule has 4 heteroatoms. The van der Waals surface area contributed by atoms with Crippen LogP contribution in [-0.4, -0.2) is 22.2 Å². The van der Waals surface area contributed by atoms with Gasteiger partial charge in [0.2, 0.25) is 0 Å². The van der Waals surface area contributed by atoms with Gasteiger partial charge in [-0.25, -0.2) is 9.59 Å². The van der Waals surface area contributed by atoms with E-state index in [1.807, 2.05) is 30.3 Å². The van der Waals surface area contributed by atoms with Crippen LogP contribution in [0.4, 0.5) is 0 Å². The number of benzene rings is 1. The van der Waals surface area contributed by atoms with Gasteiger partial charge in [0.1, 0.15) is 0 Å². The SMILES string of the molecule is CC(=CC(CCc1ccccc1)=C(C)C(=O)O)C(=O)O. The van der Waals surface area contributed by atoms with E-state index in [0.717, 1.165) is 5.56 Å². The van der Waals surface area contributed by atoms with Gasteiger partial charge in [-0.05, 0) is 43.9 Å². The lowest BCUT2D eigenvalue weighted by Crippen LogP contribution is -2.04. The molecule has 0 atom stereocenters. The van der Waals surface area contributed by atoms with Crippen LogP contribution in [0.25, 0.3) is 0 Å². The zero-order valence-electron chi connectivity index (χ0n) is 11.6. The summed E-state index contributed by atoms with van der Waals surface area (Å²) in [7, 11) is 0. The summed E-state index contributed by atoms with van der Waals surface area (Å²) in [5, 5.41) is 18.0. The van der Waals surface area contributed by atoms with Gasteiger partial charge in [0.05, 0.1) is 0 Å². The summed E-state index contributed by atoms with van der Waals surface area (Å²) in [6, 6.07) is 9.67. The van der Waals surface area contributed by atoms with Gasteiger partial charge in [0.25, 0.3) is 0 Å². The van der Waals surface area contributed by atoms with E-state index in [4.69, 9.17) is 10.2 Å². The third kappa shape index (κ3) is 4.72. The van der Waals surface area contributed by atoms with Crippen LogP contribution in [0.1, 0.15) is 25.8 Å². The lowest BCUT2D eigenvalue weighted by atomic mass is 9.98. The Morgan fingerprint density at radius 2 is 1.65 bits per heavy atom. The molecule has 0 spiro atoms. The molecule has 0 amide bonds. The second-order valence-electron chi connectivity index (χ2n) is 4.57. The molecule has 1 aromatic rings. The molecule has 4 nitrogen and oxygen atoms in total. The second kappa shape index (κ2) is 7.28. The molecule has 0 unspecified atom stereocenters. The van der Waals surface area contributed by atoms with Gasteiger partial charge < -0.3 is 10.2 Å². The summed E-state index contributed by atoms with van der Waals surface area (Å²) in [4.78, 5) is 21.9. The number of aryl methyl sites for hydroxylation is 1. The minimum Gasteiger partial charge on any atom is -0.478 e. The number of carboxylic acid groups (broad SMARTS) is 2. The predicted molar refractivity (Wildman–Crippen MR) is 76.5 cm³/mol. The molecule has 2 N–H and O–H groups in total. The topological polar surface area (TPSA) is 74.6 Å². The molecule has 0 bridgehead atoms. The third-order valence-electron chi connectivity index (χ3n) is 3.06. The lowest BCUT2D eigenvalue weighted by molar-refractivity contribution is -0.133. The molecule has 0 aliphatic heterocycles. The number of carboxylic acids is 2. The van der Waals surface area contributed by atoms with Crippen molar-refractivity contribution in [2.45, 2.75) is 26.7 Å². The van der Waals surface area contributed by atoms with Crippen LogP contribution in [0.15, 0.2) is 53.1 Å². The number of aliphatic carboxylic acids is 2. The van der Waals surface area contributed by atoms with Crippen LogP contribution in [0.3, 0.4) is 0 Å². The van der Waals surface area contributed by atoms with Crippen molar-refractivity contribution in [2.24, 2.45) is 0 Å². The number of rotatable bonds is 6. The van der Waals surface area contributed by atoms with E-state index in [1.54, 1.807) is 0 Å². The molecule has 0 saturated heterocycles. The van der Waals surface area contributed by atoms with E-state index in [0.29, 0.717) is 18.4 Å². The first-order valence-corrected chi connectivity index (χ1v) is 6.30. The van der Waals surface area contributed by atoms with Gasteiger partial charge >= 0.3 is 11.9 Å². The molecule has 1 aromatic carbocycles. The molecule has 0 saturated carbocycles. The number of hydrogen-bond donors (Lipinski definition) is 2. The largest absolute Gasteiger partial charge is 0.478 e. The Kier molecular flexibility index (Phi) is 5.72. The van der Waals surface area contributed by atoms with Gasteiger partial charge in [0.15, 0.2) is 0 Å². The fourth-order valence-electron chi connectivity index (χ4n) is 1.75. The Morgan fingerprint density at radius 3 is 2.15 bits per heavy atom. The van der Waals surface area contributed by atoms with E-state index in [2.05, 4.69) is 0 Å². The first-order chi connectivity index (χ1) is 9.41. The Morgan fingerprint density at radius 1 is 1.05 bits per heavy atom. The van der Waals surface area contributed by atoms with Crippen LogP contribution >= 0.6 is 0 Å². The number of carbonyl (C=O) groups is 2. The summed E-state index contributed by atoms with van der Waals surface area (Å²) in [6.45, 7) is 2.95. The maximum Gasteiger partial charge on any atom is 0.331 e. The van der Waals surface area contributed by atoms with Crippen LogP contribution in [0.5, 0.6) is 0 Å². The average molecular weight is 274 g/mol. The quantitative estimate of drug-likeness (QED) is 0.617. The second-order valence-corrected chi connectivity index (χ2v) is 4.57. The number of allylic oxidation sites excluding steroid dienone is 2. The van der Waals surface area contributed by atoms with Crippen molar-refractivity contribution in [1.29, 1.82) is 0 Å². The Hall–Kier alpha value is -2.36. The van der Waals surface area contributed by atoms with Crippen LogP contribution < -0.4 is 0 Å². The summed E-state index contributed by atoms with van der Waals surface area (Å²) >= 11 is 0. The van der Waals surface area contributed by atoms with E-state index in [-0.39, 0.29) is 11.1 Å². The zero-order chi connectivity index (χ0) is 15.1. The summed E-state index contributed by atoms with van der Waals surface area (Å²) < 4.78 is 0. The minimum absolute atomic E-state index is 0.133. The van der Waals surface area contributed by atoms with Crippen LogP contribution in [0.2, 0.25) is 0 Å². The molecule has 0 aliphatic carbocycles. The van der Waals surface area contributed by atoms with E-state index < -0.39 is 11.9 Å². The van der Waals surface area contributed by atoms with E-state index in [1.165, 1.54) is 19.9 Å². The van der Waals surface area contributed by atoms with E-state index in [9.17, 15) is 9.59 Å². The summed E-state index contributed by atoms with van der Waals surface area (Å²) in [5.74, 6) is -2.07. The highest BCUT2D eigenvalue weighted by Gasteiger charge is 2.10. The maximum absolute atomic E-state index is 11.1. The molecule has 0 aromatic heterocycles. The monoisotopic (exact) mass is 274 g/mol. The van der Waals surface area contributed by atoms with Gasteiger partial charge in [-0.3, -0.25) is 0 Å². The van der Waals surface area contributed by atoms with Gasteiger partial charge in [-0.15, -0.1) is 0 Å². The molecule has 20 heavy (non-hydrogen) atoms. The molecule has 0 heterocycles. The third-order valence-corrected chi connectivity index (χ3v) is 3.06.